The molecular weight excluding hydrogens is 366 g/mol. The summed E-state index contributed by atoms with van der Waals surface area (Å²) < 4.78 is 11.0. The number of halogens is 1. The Hall–Kier alpha value is -2.53. The fourth-order valence-corrected chi connectivity index (χ4v) is 3.28. The quantitative estimate of drug-likeness (QED) is 0.737. The molecule has 1 heterocycles. The van der Waals surface area contributed by atoms with Crippen molar-refractivity contribution in [2.75, 3.05) is 13.7 Å². The summed E-state index contributed by atoms with van der Waals surface area (Å²) in [6.45, 7) is 2.28. The van der Waals surface area contributed by atoms with Gasteiger partial charge in [0, 0.05) is 18.6 Å². The Morgan fingerprint density at radius 3 is 2.74 bits per heavy atom. The third-order valence-electron chi connectivity index (χ3n) is 4.54. The first kappa shape index (κ1) is 19.2. The number of benzene rings is 2. The molecule has 2 aromatic carbocycles. The van der Waals surface area contributed by atoms with E-state index in [9.17, 15) is 9.59 Å². The number of rotatable bonds is 5. The maximum absolute atomic E-state index is 12.5. The summed E-state index contributed by atoms with van der Waals surface area (Å²) >= 11 is 6.01. The van der Waals surface area contributed by atoms with Crippen molar-refractivity contribution in [1.82, 2.24) is 4.90 Å². The molecule has 27 heavy (non-hydrogen) atoms. The van der Waals surface area contributed by atoms with Crippen LogP contribution in [0.15, 0.2) is 48.5 Å². The number of hydrogen-bond donors (Lipinski definition) is 0. The molecule has 0 bridgehead atoms. The van der Waals surface area contributed by atoms with Gasteiger partial charge in [0.2, 0.25) is 0 Å². The molecule has 3 rings (SSSR count). The van der Waals surface area contributed by atoms with E-state index in [-0.39, 0.29) is 12.5 Å². The predicted molar refractivity (Wildman–Crippen MR) is 103 cm³/mol. The lowest BCUT2D eigenvalue weighted by Crippen LogP contribution is -2.39. The van der Waals surface area contributed by atoms with Crippen LogP contribution in [0.25, 0.3) is 0 Å². The van der Waals surface area contributed by atoms with Gasteiger partial charge in [-0.15, -0.1) is 0 Å². The number of esters is 1. The summed E-state index contributed by atoms with van der Waals surface area (Å²) in [5.41, 5.74) is 1.89. The zero-order valence-corrected chi connectivity index (χ0v) is 16.1. The first-order valence-corrected chi connectivity index (χ1v) is 9.22. The molecule has 1 amide bonds. The second kappa shape index (κ2) is 8.44. The largest absolute Gasteiger partial charge is 0.492 e. The van der Waals surface area contributed by atoms with Crippen LogP contribution in [0.4, 0.5) is 0 Å². The summed E-state index contributed by atoms with van der Waals surface area (Å²) in [6.07, 6.45) is -0.373. The van der Waals surface area contributed by atoms with E-state index in [1.54, 1.807) is 37.1 Å². The molecule has 0 saturated carbocycles. The van der Waals surface area contributed by atoms with Gasteiger partial charge in [-0.3, -0.25) is 9.59 Å². The lowest BCUT2D eigenvalue weighted by molar-refractivity contribution is -0.163. The van der Waals surface area contributed by atoms with Crippen LogP contribution >= 0.6 is 11.6 Å². The second-order valence-corrected chi connectivity index (χ2v) is 7.16. The highest BCUT2D eigenvalue weighted by atomic mass is 35.5. The number of likely N-dealkylation sites (N-methyl/N-ethyl adjacent to an activating group) is 1. The smallest absolute Gasteiger partial charge is 0.313 e. The number of ether oxygens (including phenoxy) is 2. The van der Waals surface area contributed by atoms with Gasteiger partial charge in [-0.05, 0) is 42.7 Å². The van der Waals surface area contributed by atoms with E-state index in [0.29, 0.717) is 18.0 Å². The summed E-state index contributed by atoms with van der Waals surface area (Å²) in [5, 5.41) is 0.595. The molecular formula is C21H22ClNO4. The summed E-state index contributed by atoms with van der Waals surface area (Å²) in [7, 11) is 1.70. The molecule has 6 heteroatoms. The van der Waals surface area contributed by atoms with Crippen LogP contribution in [0.5, 0.6) is 5.75 Å². The second-order valence-electron chi connectivity index (χ2n) is 6.72. The van der Waals surface area contributed by atoms with Crippen LogP contribution < -0.4 is 4.74 Å². The Kier molecular flexibility index (Phi) is 6.01. The highest BCUT2D eigenvalue weighted by molar-refractivity contribution is 6.30. The van der Waals surface area contributed by atoms with Gasteiger partial charge in [-0.2, -0.15) is 0 Å². The van der Waals surface area contributed by atoms with E-state index in [0.717, 1.165) is 16.9 Å². The van der Waals surface area contributed by atoms with Crippen LogP contribution in [0.2, 0.25) is 5.02 Å². The third-order valence-corrected chi connectivity index (χ3v) is 4.78. The van der Waals surface area contributed by atoms with Crippen molar-refractivity contribution in [3.63, 3.8) is 0 Å². The highest BCUT2D eigenvalue weighted by Crippen LogP contribution is 2.30. The van der Waals surface area contributed by atoms with Crippen molar-refractivity contribution in [3.05, 3.63) is 64.7 Å². The fraction of sp³-hybridized carbons (Fsp3) is 0.333. The molecule has 142 valence electrons. The summed E-state index contributed by atoms with van der Waals surface area (Å²) in [5.74, 6) is -0.400. The molecule has 0 N–H and O–H groups in total. The minimum absolute atomic E-state index is 0.230. The summed E-state index contributed by atoms with van der Waals surface area (Å²) in [6, 6.07) is 15.0. The highest BCUT2D eigenvalue weighted by Gasteiger charge is 2.30. The number of fused-ring (bicyclic) bond motifs is 1. The Morgan fingerprint density at radius 1 is 1.26 bits per heavy atom. The number of nitrogens with zero attached hydrogens (tertiary/aromatic N) is 1. The first-order chi connectivity index (χ1) is 12.9. The van der Waals surface area contributed by atoms with Crippen molar-refractivity contribution < 1.29 is 19.1 Å². The van der Waals surface area contributed by atoms with Gasteiger partial charge in [0.25, 0.3) is 5.91 Å². The van der Waals surface area contributed by atoms with E-state index in [4.69, 9.17) is 21.1 Å². The van der Waals surface area contributed by atoms with Gasteiger partial charge in [0.15, 0.2) is 6.10 Å². The first-order valence-electron chi connectivity index (χ1n) is 8.84. The molecule has 0 aliphatic carbocycles. The molecule has 0 spiro atoms. The topological polar surface area (TPSA) is 55.8 Å². The maximum atomic E-state index is 12.5. The minimum atomic E-state index is -0.855. The van der Waals surface area contributed by atoms with Crippen LogP contribution in [-0.4, -0.2) is 36.5 Å². The fourth-order valence-electron chi connectivity index (χ4n) is 3.08. The van der Waals surface area contributed by atoms with Crippen molar-refractivity contribution in [3.8, 4) is 5.75 Å². The van der Waals surface area contributed by atoms with Crippen LogP contribution in [-0.2, 0) is 27.3 Å². The molecule has 1 aliphatic heterocycles. The predicted octanol–water partition coefficient (Wildman–Crippen LogP) is 3.48. The number of hydrogen-bond acceptors (Lipinski definition) is 4. The van der Waals surface area contributed by atoms with E-state index in [1.165, 1.54) is 0 Å². The van der Waals surface area contributed by atoms with Crippen LogP contribution in [0.3, 0.4) is 0 Å². The van der Waals surface area contributed by atoms with Gasteiger partial charge < -0.3 is 14.4 Å². The third kappa shape index (κ3) is 4.80. The summed E-state index contributed by atoms with van der Waals surface area (Å²) in [4.78, 5) is 26.5. The van der Waals surface area contributed by atoms with Crippen LogP contribution in [0, 0.1) is 5.92 Å². The molecule has 1 aliphatic rings. The van der Waals surface area contributed by atoms with Crippen molar-refractivity contribution in [2.45, 2.75) is 26.0 Å². The zero-order chi connectivity index (χ0) is 19.4. The van der Waals surface area contributed by atoms with Gasteiger partial charge in [0.05, 0.1) is 5.92 Å². The van der Waals surface area contributed by atoms with Gasteiger partial charge in [-0.25, -0.2) is 0 Å². The van der Waals surface area contributed by atoms with Gasteiger partial charge >= 0.3 is 5.97 Å². The average molecular weight is 388 g/mol. The lowest BCUT2D eigenvalue weighted by Gasteiger charge is -2.26. The standard InChI is InChI=1S/C21H22ClNO4/c1-14(20(24)23(2)12-15-6-4-3-5-7-15)27-21(25)17-10-16-11-18(22)8-9-19(16)26-13-17/h3-9,11,14,17H,10,12-13H2,1-2H3/t14-,17+/m0/s1. The molecule has 0 unspecified atom stereocenters. The van der Waals surface area contributed by atoms with E-state index < -0.39 is 18.0 Å². The van der Waals surface area contributed by atoms with E-state index >= 15 is 0 Å². The van der Waals surface area contributed by atoms with Crippen molar-refractivity contribution in [2.24, 2.45) is 5.92 Å². The molecule has 0 fully saturated rings. The normalized spacial score (nSPS) is 16.6. The Bertz CT molecular complexity index is 824. The molecule has 0 saturated heterocycles. The molecule has 2 atom stereocenters. The van der Waals surface area contributed by atoms with E-state index in [2.05, 4.69) is 0 Å². The SMILES string of the molecule is C[C@H](OC(=O)[C@H]1COc2ccc(Cl)cc2C1)C(=O)N(C)Cc1ccccc1. The Balaban J connectivity index is 1.56. The average Bonchev–Trinajstić information content (AvgIpc) is 2.67. The molecule has 5 nitrogen and oxygen atoms in total. The number of carbonyl (C=O) groups excluding carboxylic acids is 2. The Morgan fingerprint density at radius 2 is 2.00 bits per heavy atom. The number of carbonyl (C=O) groups is 2. The zero-order valence-electron chi connectivity index (χ0n) is 15.4. The van der Waals surface area contributed by atoms with Crippen molar-refractivity contribution >= 4 is 23.5 Å². The van der Waals surface area contributed by atoms with Gasteiger partial charge in [0.1, 0.15) is 12.4 Å². The van der Waals surface area contributed by atoms with Crippen molar-refractivity contribution in [1.29, 1.82) is 0 Å². The molecule has 0 radical (unpaired) electrons. The van der Waals surface area contributed by atoms with Gasteiger partial charge in [-0.1, -0.05) is 41.9 Å². The minimum Gasteiger partial charge on any atom is -0.492 e. The van der Waals surface area contributed by atoms with E-state index in [1.807, 2.05) is 30.3 Å². The molecule has 2 aromatic rings. The molecule has 0 aromatic heterocycles. The Labute approximate surface area is 163 Å². The maximum Gasteiger partial charge on any atom is 0.313 e. The lowest BCUT2D eigenvalue weighted by atomic mass is 9.97. The van der Waals surface area contributed by atoms with Crippen LogP contribution in [0.1, 0.15) is 18.1 Å². The number of amides is 1. The monoisotopic (exact) mass is 387 g/mol.